The maximum atomic E-state index is 10.2. The minimum Gasteiger partial charge on any atom is -0.494 e. The molecule has 0 heterocycles. The summed E-state index contributed by atoms with van der Waals surface area (Å²) >= 11 is 1.65. The molecule has 0 aliphatic heterocycles. The number of ether oxygens (including phenoxy) is 1. The maximum absolute atomic E-state index is 10.2. The van der Waals surface area contributed by atoms with Gasteiger partial charge in [-0.05, 0) is 6.92 Å². The van der Waals surface area contributed by atoms with Crippen LogP contribution < -0.4 is 35.3 Å². The molecule has 2 radical (unpaired) electrons. The van der Waals surface area contributed by atoms with Crippen LogP contribution in [0.1, 0.15) is 19.8 Å². The van der Waals surface area contributed by atoms with Crippen LogP contribution in [0.15, 0.2) is 0 Å². The Morgan fingerprint density at radius 1 is 1.18 bits per heavy atom. The van der Waals surface area contributed by atoms with Crippen LogP contribution in [0.5, 0.6) is 0 Å². The molecule has 1 amide bonds. The van der Waals surface area contributed by atoms with Gasteiger partial charge in [0.1, 0.15) is 6.42 Å². The second kappa shape index (κ2) is 36.6. The predicted octanol–water partition coefficient (Wildman–Crippen LogP) is -2.32. The zero-order valence-electron chi connectivity index (χ0n) is 12.1. The van der Waals surface area contributed by atoms with Crippen LogP contribution in [0.3, 0.4) is 0 Å². The van der Waals surface area contributed by atoms with Crippen LogP contribution >= 0.6 is 22.4 Å². The van der Waals surface area contributed by atoms with Crippen molar-refractivity contribution < 1.29 is 43.9 Å². The molecule has 0 saturated carbocycles. The van der Waals surface area contributed by atoms with E-state index in [1.165, 1.54) is 12.4 Å². The number of rotatable bonds is 3. The normalized spacial score (nSPS) is 5.55. The summed E-state index contributed by atoms with van der Waals surface area (Å²) in [6.45, 7) is 2.05. The quantitative estimate of drug-likeness (QED) is 0.172. The molecule has 0 rings (SSSR count). The smallest absolute Gasteiger partial charge is 0.494 e. The molecule has 0 aromatic carbocycles. The first kappa shape index (κ1) is 32.4. The van der Waals surface area contributed by atoms with E-state index >= 15 is 0 Å². The van der Waals surface area contributed by atoms with Gasteiger partial charge in [-0.1, -0.05) is 6.19 Å². The fourth-order valence-corrected chi connectivity index (χ4v) is 0.439. The third kappa shape index (κ3) is 51.4. The van der Waals surface area contributed by atoms with Crippen LogP contribution in [-0.2, 0) is 14.3 Å². The van der Waals surface area contributed by atoms with Crippen molar-refractivity contribution in [1.82, 2.24) is 0 Å². The van der Waals surface area contributed by atoms with E-state index in [0.29, 0.717) is 6.61 Å². The van der Waals surface area contributed by atoms with E-state index in [-0.39, 0.29) is 42.4 Å². The van der Waals surface area contributed by atoms with Gasteiger partial charge in [-0.3, -0.25) is 9.59 Å². The van der Waals surface area contributed by atoms with Crippen molar-refractivity contribution >= 4 is 40.0 Å². The molecular weight excluding hydrogens is 413 g/mol. The molecule has 110 valence electrons. The summed E-state index contributed by atoms with van der Waals surface area (Å²) < 4.78 is 4.42. The first-order chi connectivity index (χ1) is 10.0. The number of amides is 1. The number of halogens is 1. The summed E-state index contributed by atoms with van der Waals surface area (Å²) in [4.78, 5) is 20.2. The first-order valence-electron chi connectivity index (χ1n) is 4.87. The third-order valence-corrected chi connectivity index (χ3v) is 0.934. The number of hydrogen-bond acceptors (Lipinski definition) is 8. The van der Waals surface area contributed by atoms with Crippen molar-refractivity contribution in [3.63, 3.8) is 0 Å². The molecule has 0 spiro atoms. The predicted molar refractivity (Wildman–Crippen MR) is 80.6 cm³/mol. The van der Waals surface area contributed by atoms with E-state index in [1.54, 1.807) is 41.4 Å². The number of nitriles is 4. The topological polar surface area (TPSA) is 179 Å². The van der Waals surface area contributed by atoms with Crippen LogP contribution in [0.2, 0.25) is 0 Å². The fourth-order valence-electron chi connectivity index (χ4n) is 0.439. The molecule has 0 atom stereocenters. The molecule has 0 fully saturated rings. The summed E-state index contributed by atoms with van der Waals surface area (Å²) in [5, 5.41) is 33.3. The molecule has 0 aliphatic rings. The Kier molecular flexibility index (Phi) is 54.0. The zero-order chi connectivity index (χ0) is 17.5. The second-order valence-electron chi connectivity index (χ2n) is 2.21. The van der Waals surface area contributed by atoms with Gasteiger partial charge < -0.3 is 21.0 Å². The van der Waals surface area contributed by atoms with E-state index < -0.39 is 11.9 Å². The van der Waals surface area contributed by atoms with E-state index in [2.05, 4.69) is 21.5 Å². The van der Waals surface area contributed by atoms with Crippen molar-refractivity contribution in [2.75, 3.05) is 6.61 Å². The van der Waals surface area contributed by atoms with E-state index in [1.807, 2.05) is 0 Å². The van der Waals surface area contributed by atoms with Crippen molar-refractivity contribution in [2.45, 2.75) is 19.8 Å². The van der Waals surface area contributed by atoms with Crippen LogP contribution in [0.4, 0.5) is 0 Å². The molecule has 9 nitrogen and oxygen atoms in total. The van der Waals surface area contributed by atoms with Gasteiger partial charge in [0.2, 0.25) is 0 Å². The van der Waals surface area contributed by atoms with E-state index in [9.17, 15) is 9.59 Å². The number of carbonyl (C=O) groups excluding carboxylic acids is 2. The van der Waals surface area contributed by atoms with Gasteiger partial charge in [-0.15, -0.1) is 0 Å². The van der Waals surface area contributed by atoms with Gasteiger partial charge in [0.05, 0.1) is 25.2 Å². The molecule has 0 aliphatic carbocycles. The van der Waals surface area contributed by atoms with Crippen LogP contribution in [0.25, 0.3) is 5.32 Å². The van der Waals surface area contributed by atoms with Gasteiger partial charge >= 0.3 is 35.5 Å². The summed E-state index contributed by atoms with van der Waals surface area (Å²) in [6.07, 6.45) is 2.07. The standard InChI is InChI=1S/C5H7NO2.C4H3N3O.CH2N2.BI.Na/c1-2-8-5(7)3-4-6;5-2-1-4(8)7-3-6;2-1-3;1-2;/h2-3H2,1H3;1H2,(H,7,8);2H2;;/q;;;;+1/p-1. The molecule has 0 aromatic heterocycles. The Hall–Kier alpha value is -1.51. The Labute approximate surface area is 165 Å². The van der Waals surface area contributed by atoms with E-state index in [4.69, 9.17) is 21.0 Å². The second-order valence-corrected chi connectivity index (χ2v) is 2.21. The Morgan fingerprint density at radius 3 is 1.86 bits per heavy atom. The van der Waals surface area contributed by atoms with Crippen molar-refractivity contribution in [3.05, 3.63) is 5.32 Å². The van der Waals surface area contributed by atoms with E-state index in [0.717, 1.165) is 0 Å². The van der Waals surface area contributed by atoms with Gasteiger partial charge in [-0.25, -0.2) is 0 Å². The molecule has 0 bridgehead atoms. The van der Waals surface area contributed by atoms with Crippen molar-refractivity contribution in [1.29, 1.82) is 21.0 Å². The monoisotopic (exact) mass is 424 g/mol. The molecule has 0 saturated heterocycles. The number of esters is 1. The first-order valence-corrected chi connectivity index (χ1v) is 6.12. The van der Waals surface area contributed by atoms with Gasteiger partial charge in [-0.2, -0.15) is 38.2 Å². The summed E-state index contributed by atoms with van der Waals surface area (Å²) in [5.41, 5.74) is 8.62. The average molecular weight is 424 g/mol. The molecule has 12 heteroatoms. The Morgan fingerprint density at radius 2 is 1.59 bits per heavy atom. The number of nitrogens with zero attached hydrogens (tertiary/aromatic N) is 5. The molecular formula is C10H11BIN6NaO3. The molecule has 0 unspecified atom stereocenters. The number of nitrogens with two attached hydrogens (primary N) is 1. The fraction of sp³-hybridized carbons (Fsp3) is 0.400. The van der Waals surface area contributed by atoms with Gasteiger partial charge in [0.25, 0.3) is 0 Å². The molecule has 0 aromatic rings. The summed E-state index contributed by atoms with van der Waals surface area (Å²) in [7, 11) is 0. The van der Waals surface area contributed by atoms with Crippen LogP contribution in [-0.4, -0.2) is 24.2 Å². The third-order valence-electron chi connectivity index (χ3n) is 0.934. The summed E-state index contributed by atoms with van der Waals surface area (Å²) in [6, 6.07) is 3.24. The molecule has 22 heavy (non-hydrogen) atoms. The number of carbonyl (C=O) groups is 2. The molecule has 2 N–H and O–H groups in total. The Balaban J connectivity index is -0.0000000655. The zero-order valence-corrected chi connectivity index (χ0v) is 16.3. The maximum Gasteiger partial charge on any atom is 1.00 e. The number of hydrogen-bond donors (Lipinski definition) is 1. The minimum atomic E-state index is -0.685. The van der Waals surface area contributed by atoms with Gasteiger partial charge in [0.15, 0.2) is 17.8 Å². The van der Waals surface area contributed by atoms with Crippen LogP contribution in [0, 0.1) is 45.6 Å². The average Bonchev–Trinajstić information content (AvgIpc) is 2.44. The summed E-state index contributed by atoms with van der Waals surface area (Å²) in [5.74, 6) is -1.13. The minimum absolute atomic E-state index is 0. The SMILES string of the molecule is CCOC(=O)CC#N.N#CCC(=O)[N-]C#N.N#CN.[B]I.[Na+]. The Bertz CT molecular complexity index is 420. The largest absolute Gasteiger partial charge is 1.00 e. The van der Waals surface area contributed by atoms with Gasteiger partial charge in [0, 0.05) is 0 Å². The van der Waals surface area contributed by atoms with Crippen molar-refractivity contribution in [3.8, 4) is 24.5 Å². The van der Waals surface area contributed by atoms with Crippen molar-refractivity contribution in [2.24, 2.45) is 5.73 Å².